The molecule has 1 aliphatic rings. The number of rotatable bonds is 3. The Bertz CT molecular complexity index is 723. The molecule has 0 bridgehead atoms. The van der Waals surface area contributed by atoms with Gasteiger partial charge in [0, 0.05) is 5.69 Å². The molecule has 1 aliphatic heterocycles. The Hall–Kier alpha value is -2.82. The first kappa shape index (κ1) is 13.2. The maximum Gasteiger partial charge on any atom is 0.268 e. The molecule has 106 valence electrons. The Morgan fingerprint density at radius 1 is 1.05 bits per heavy atom. The fourth-order valence-corrected chi connectivity index (χ4v) is 2.40. The van der Waals surface area contributed by atoms with Crippen molar-refractivity contribution in [3.05, 3.63) is 53.6 Å². The summed E-state index contributed by atoms with van der Waals surface area (Å²) in [5.74, 6) is -0.0545. The Morgan fingerprint density at radius 2 is 1.76 bits per heavy atom. The van der Waals surface area contributed by atoms with Crippen LogP contribution in [0.5, 0.6) is 5.75 Å². The molecule has 2 aromatic rings. The molecule has 2 amide bonds. The van der Waals surface area contributed by atoms with Crippen molar-refractivity contribution in [1.29, 1.82) is 0 Å². The molecule has 0 spiro atoms. The number of ether oxygens (including phenoxy) is 1. The molecule has 0 fully saturated rings. The zero-order valence-electron chi connectivity index (χ0n) is 11.5. The van der Waals surface area contributed by atoms with Crippen LogP contribution in [-0.4, -0.2) is 18.4 Å². The summed E-state index contributed by atoms with van der Waals surface area (Å²) in [4.78, 5) is 26.0. The highest BCUT2D eigenvalue weighted by Gasteiger charge is 2.37. The van der Waals surface area contributed by atoms with Crippen molar-refractivity contribution < 1.29 is 14.3 Å². The first-order valence-corrected chi connectivity index (χ1v) is 6.63. The molecule has 0 atom stereocenters. The predicted molar refractivity (Wildman–Crippen MR) is 79.6 cm³/mol. The SMILES string of the molecule is CCOc1ccc(N2C(=O)c3cccc(N)c3C2=O)cc1. The van der Waals surface area contributed by atoms with Gasteiger partial charge in [-0.3, -0.25) is 9.59 Å². The van der Waals surface area contributed by atoms with Crippen LogP contribution in [0.3, 0.4) is 0 Å². The number of anilines is 2. The third-order valence-electron chi connectivity index (χ3n) is 3.35. The van der Waals surface area contributed by atoms with Gasteiger partial charge in [0.25, 0.3) is 11.8 Å². The summed E-state index contributed by atoms with van der Waals surface area (Å²) in [6.07, 6.45) is 0. The van der Waals surface area contributed by atoms with E-state index in [4.69, 9.17) is 10.5 Å². The van der Waals surface area contributed by atoms with Gasteiger partial charge in [-0.25, -0.2) is 4.90 Å². The van der Waals surface area contributed by atoms with E-state index in [1.807, 2.05) is 6.92 Å². The number of hydrogen-bond acceptors (Lipinski definition) is 4. The van der Waals surface area contributed by atoms with Crippen molar-refractivity contribution in [3.8, 4) is 5.75 Å². The number of carbonyl (C=O) groups excluding carboxylic acids is 2. The highest BCUT2D eigenvalue weighted by atomic mass is 16.5. The third kappa shape index (κ3) is 2.03. The summed E-state index contributed by atoms with van der Waals surface area (Å²) >= 11 is 0. The molecule has 5 nitrogen and oxygen atoms in total. The molecule has 0 radical (unpaired) electrons. The van der Waals surface area contributed by atoms with Crippen LogP contribution in [0, 0.1) is 0 Å². The van der Waals surface area contributed by atoms with E-state index in [-0.39, 0.29) is 11.5 Å². The van der Waals surface area contributed by atoms with Crippen LogP contribution in [0.25, 0.3) is 0 Å². The van der Waals surface area contributed by atoms with Crippen LogP contribution in [-0.2, 0) is 0 Å². The van der Waals surface area contributed by atoms with Crippen LogP contribution in [0.1, 0.15) is 27.6 Å². The van der Waals surface area contributed by atoms with Gasteiger partial charge in [0.05, 0.1) is 23.4 Å². The first-order chi connectivity index (χ1) is 10.1. The van der Waals surface area contributed by atoms with Gasteiger partial charge in [0.15, 0.2) is 0 Å². The maximum absolute atomic E-state index is 12.4. The Kier molecular flexibility index (Phi) is 3.10. The second-order valence-corrected chi connectivity index (χ2v) is 4.64. The van der Waals surface area contributed by atoms with E-state index < -0.39 is 5.91 Å². The normalized spacial score (nSPS) is 13.5. The third-order valence-corrected chi connectivity index (χ3v) is 3.35. The Morgan fingerprint density at radius 3 is 2.38 bits per heavy atom. The predicted octanol–water partition coefficient (Wildman–Crippen LogP) is 2.47. The average Bonchev–Trinajstić information content (AvgIpc) is 2.74. The minimum absolute atomic E-state index is 0.274. The number of carbonyl (C=O) groups is 2. The molecule has 3 rings (SSSR count). The number of amides is 2. The zero-order valence-corrected chi connectivity index (χ0v) is 11.5. The molecule has 1 heterocycles. The van der Waals surface area contributed by atoms with Crippen molar-refractivity contribution in [2.45, 2.75) is 6.92 Å². The number of nitrogens with two attached hydrogens (primary N) is 1. The van der Waals surface area contributed by atoms with Crippen molar-refractivity contribution in [2.75, 3.05) is 17.2 Å². The van der Waals surface area contributed by atoms with Crippen molar-refractivity contribution in [3.63, 3.8) is 0 Å². The second kappa shape index (κ2) is 4.94. The van der Waals surface area contributed by atoms with Gasteiger partial charge in [-0.15, -0.1) is 0 Å². The molecule has 0 aliphatic carbocycles. The van der Waals surface area contributed by atoms with Gasteiger partial charge < -0.3 is 10.5 Å². The molecule has 21 heavy (non-hydrogen) atoms. The Balaban J connectivity index is 2.00. The fourth-order valence-electron chi connectivity index (χ4n) is 2.40. The Labute approximate surface area is 121 Å². The van der Waals surface area contributed by atoms with Crippen molar-refractivity contribution in [1.82, 2.24) is 0 Å². The van der Waals surface area contributed by atoms with E-state index in [2.05, 4.69) is 0 Å². The van der Waals surface area contributed by atoms with E-state index in [9.17, 15) is 9.59 Å². The van der Waals surface area contributed by atoms with E-state index in [0.717, 1.165) is 4.90 Å². The minimum atomic E-state index is -0.391. The van der Waals surface area contributed by atoms with Gasteiger partial charge in [-0.05, 0) is 43.3 Å². The highest BCUT2D eigenvalue weighted by molar-refractivity contribution is 6.35. The van der Waals surface area contributed by atoms with Gasteiger partial charge in [0.2, 0.25) is 0 Å². The van der Waals surface area contributed by atoms with E-state index in [0.29, 0.717) is 29.3 Å². The molecule has 2 aromatic carbocycles. The second-order valence-electron chi connectivity index (χ2n) is 4.64. The highest BCUT2D eigenvalue weighted by Crippen LogP contribution is 2.32. The molecule has 0 aromatic heterocycles. The number of nitrogen functional groups attached to an aromatic ring is 1. The lowest BCUT2D eigenvalue weighted by atomic mass is 10.1. The van der Waals surface area contributed by atoms with Crippen LogP contribution in [0.4, 0.5) is 11.4 Å². The van der Waals surface area contributed by atoms with E-state index in [1.165, 1.54) is 0 Å². The summed E-state index contributed by atoms with van der Waals surface area (Å²) in [6.45, 7) is 2.45. The van der Waals surface area contributed by atoms with Gasteiger partial charge in [0.1, 0.15) is 5.75 Å². The monoisotopic (exact) mass is 282 g/mol. The molecule has 5 heteroatoms. The average molecular weight is 282 g/mol. The lowest BCUT2D eigenvalue weighted by molar-refractivity contribution is 0.0926. The van der Waals surface area contributed by atoms with Crippen LogP contribution < -0.4 is 15.4 Å². The summed E-state index contributed by atoms with van der Waals surface area (Å²) in [5, 5.41) is 0. The van der Waals surface area contributed by atoms with Gasteiger partial charge >= 0.3 is 0 Å². The molecule has 2 N–H and O–H groups in total. The molecule has 0 unspecified atom stereocenters. The number of hydrogen-bond donors (Lipinski definition) is 1. The van der Waals surface area contributed by atoms with Crippen molar-refractivity contribution >= 4 is 23.2 Å². The fraction of sp³-hybridized carbons (Fsp3) is 0.125. The van der Waals surface area contributed by atoms with Crippen LogP contribution >= 0.6 is 0 Å². The number of fused-ring (bicyclic) bond motifs is 1. The van der Waals surface area contributed by atoms with E-state index >= 15 is 0 Å². The standard InChI is InChI=1S/C16H14N2O3/c1-2-21-11-8-6-10(7-9-11)18-15(19)12-4-3-5-13(17)14(12)16(18)20/h3-9H,2,17H2,1H3. The number of benzene rings is 2. The quantitative estimate of drug-likeness (QED) is 0.693. The topological polar surface area (TPSA) is 72.6 Å². The molecular weight excluding hydrogens is 268 g/mol. The zero-order chi connectivity index (χ0) is 15.0. The summed E-state index contributed by atoms with van der Waals surface area (Å²) in [7, 11) is 0. The summed E-state index contributed by atoms with van der Waals surface area (Å²) in [6, 6.07) is 11.7. The minimum Gasteiger partial charge on any atom is -0.494 e. The molecule has 0 saturated heterocycles. The van der Waals surface area contributed by atoms with Gasteiger partial charge in [-0.2, -0.15) is 0 Å². The summed E-state index contributed by atoms with van der Waals surface area (Å²) in [5.41, 5.74) is 7.25. The maximum atomic E-state index is 12.4. The lowest BCUT2D eigenvalue weighted by Gasteiger charge is -2.14. The number of imide groups is 1. The number of nitrogens with zero attached hydrogens (tertiary/aromatic N) is 1. The van der Waals surface area contributed by atoms with Gasteiger partial charge in [-0.1, -0.05) is 6.07 Å². The summed E-state index contributed by atoms with van der Waals surface area (Å²) < 4.78 is 5.35. The lowest BCUT2D eigenvalue weighted by Crippen LogP contribution is -2.29. The van der Waals surface area contributed by atoms with Crippen LogP contribution in [0.2, 0.25) is 0 Å². The van der Waals surface area contributed by atoms with E-state index in [1.54, 1.807) is 42.5 Å². The van der Waals surface area contributed by atoms with Crippen molar-refractivity contribution in [2.24, 2.45) is 0 Å². The molecular formula is C16H14N2O3. The smallest absolute Gasteiger partial charge is 0.268 e. The molecule has 0 saturated carbocycles. The first-order valence-electron chi connectivity index (χ1n) is 6.63. The van der Waals surface area contributed by atoms with Crippen LogP contribution in [0.15, 0.2) is 42.5 Å². The largest absolute Gasteiger partial charge is 0.494 e.